The lowest BCUT2D eigenvalue weighted by Crippen LogP contribution is -2.42. The summed E-state index contributed by atoms with van der Waals surface area (Å²) in [6.45, 7) is 0. The van der Waals surface area contributed by atoms with Gasteiger partial charge in [0, 0.05) is 16.5 Å². The highest BCUT2D eigenvalue weighted by atomic mass is 79.9. The highest BCUT2D eigenvalue weighted by Crippen LogP contribution is 2.12. The maximum absolute atomic E-state index is 12.1. The number of hydrogen-bond acceptors (Lipinski definition) is 3. The van der Waals surface area contributed by atoms with Crippen molar-refractivity contribution in [2.24, 2.45) is 0 Å². The lowest BCUT2D eigenvalue weighted by Gasteiger charge is -2.15. The number of benzene rings is 2. The molecule has 2 aromatic rings. The van der Waals surface area contributed by atoms with Gasteiger partial charge in [-0.1, -0.05) is 28.1 Å². The van der Waals surface area contributed by atoms with Crippen molar-refractivity contribution in [1.29, 1.82) is 5.26 Å². The third kappa shape index (κ3) is 4.66. The normalized spacial score (nSPS) is 11.3. The number of nitrogens with zero attached hydrogens (tertiary/aromatic N) is 1. The summed E-state index contributed by atoms with van der Waals surface area (Å²) in [5.41, 5.74) is 1.55. The molecule has 5 nitrogen and oxygen atoms in total. The molecule has 0 heterocycles. The molecule has 0 fully saturated rings. The molecule has 0 aliphatic heterocycles. The Labute approximate surface area is 141 Å². The predicted molar refractivity (Wildman–Crippen MR) is 87.9 cm³/mol. The zero-order valence-corrected chi connectivity index (χ0v) is 13.6. The molecule has 0 aliphatic rings. The summed E-state index contributed by atoms with van der Waals surface area (Å²) in [4.78, 5) is 23.5. The smallest absolute Gasteiger partial charge is 0.326 e. The second kappa shape index (κ2) is 7.56. The SMILES string of the molecule is N#Cc1ccc(C(=O)N[C@H](Cc2ccc(Br)cc2)C(=O)O)cc1. The van der Waals surface area contributed by atoms with E-state index in [1.165, 1.54) is 24.3 Å². The predicted octanol–water partition coefficient (Wildman–Crippen LogP) is 2.75. The number of halogens is 1. The van der Waals surface area contributed by atoms with Crippen molar-refractivity contribution in [3.63, 3.8) is 0 Å². The van der Waals surface area contributed by atoms with Gasteiger partial charge < -0.3 is 10.4 Å². The van der Waals surface area contributed by atoms with Crippen LogP contribution in [0.3, 0.4) is 0 Å². The van der Waals surface area contributed by atoms with Gasteiger partial charge in [0.15, 0.2) is 0 Å². The Hall–Kier alpha value is -2.65. The van der Waals surface area contributed by atoms with Crippen LogP contribution in [0.5, 0.6) is 0 Å². The van der Waals surface area contributed by atoms with Crippen LogP contribution in [0.15, 0.2) is 53.0 Å². The Kier molecular flexibility index (Phi) is 5.50. The van der Waals surface area contributed by atoms with Crippen LogP contribution in [0.1, 0.15) is 21.5 Å². The van der Waals surface area contributed by atoms with Crippen LogP contribution >= 0.6 is 15.9 Å². The summed E-state index contributed by atoms with van der Waals surface area (Å²) in [6.07, 6.45) is 0.185. The van der Waals surface area contributed by atoms with Crippen LogP contribution in [-0.4, -0.2) is 23.0 Å². The van der Waals surface area contributed by atoms with E-state index in [9.17, 15) is 14.7 Å². The van der Waals surface area contributed by atoms with E-state index in [0.29, 0.717) is 11.1 Å². The van der Waals surface area contributed by atoms with E-state index in [0.717, 1.165) is 10.0 Å². The average Bonchev–Trinajstić information content (AvgIpc) is 2.56. The third-order valence-electron chi connectivity index (χ3n) is 3.23. The number of carbonyl (C=O) groups excluding carboxylic acids is 1. The Morgan fingerprint density at radius 3 is 2.26 bits per heavy atom. The van der Waals surface area contributed by atoms with Gasteiger partial charge >= 0.3 is 5.97 Å². The molecule has 1 atom stereocenters. The molecule has 116 valence electrons. The van der Waals surface area contributed by atoms with Crippen molar-refractivity contribution < 1.29 is 14.7 Å². The van der Waals surface area contributed by atoms with Crippen LogP contribution in [-0.2, 0) is 11.2 Å². The van der Waals surface area contributed by atoms with Crippen molar-refractivity contribution >= 4 is 27.8 Å². The van der Waals surface area contributed by atoms with E-state index in [1.54, 1.807) is 12.1 Å². The standard InChI is InChI=1S/C17H13BrN2O3/c18-14-7-3-11(4-8-14)9-15(17(22)23)20-16(21)13-5-1-12(10-19)2-6-13/h1-8,15H,9H2,(H,20,21)(H,22,23)/t15-/m1/s1. The molecule has 0 radical (unpaired) electrons. The molecule has 0 spiro atoms. The lowest BCUT2D eigenvalue weighted by molar-refractivity contribution is -0.139. The van der Waals surface area contributed by atoms with Gasteiger partial charge in [0.1, 0.15) is 6.04 Å². The molecule has 0 aliphatic carbocycles. The van der Waals surface area contributed by atoms with Crippen molar-refractivity contribution in [1.82, 2.24) is 5.32 Å². The van der Waals surface area contributed by atoms with Gasteiger partial charge in [-0.05, 0) is 42.0 Å². The molecular weight excluding hydrogens is 360 g/mol. The molecule has 6 heteroatoms. The summed E-state index contributed by atoms with van der Waals surface area (Å²) >= 11 is 3.31. The Morgan fingerprint density at radius 2 is 1.74 bits per heavy atom. The van der Waals surface area contributed by atoms with Crippen molar-refractivity contribution in [2.45, 2.75) is 12.5 Å². The second-order valence-corrected chi connectivity index (χ2v) is 5.80. The molecule has 0 saturated heterocycles. The largest absolute Gasteiger partial charge is 0.480 e. The Bertz CT molecular complexity index is 749. The third-order valence-corrected chi connectivity index (χ3v) is 3.76. The molecular formula is C17H13BrN2O3. The number of rotatable bonds is 5. The first-order valence-electron chi connectivity index (χ1n) is 6.78. The minimum Gasteiger partial charge on any atom is -0.480 e. The summed E-state index contributed by atoms with van der Waals surface area (Å²) in [6, 6.07) is 14.2. The van der Waals surface area contributed by atoms with E-state index in [2.05, 4.69) is 21.2 Å². The van der Waals surface area contributed by atoms with Crippen LogP contribution < -0.4 is 5.32 Å². The van der Waals surface area contributed by atoms with Gasteiger partial charge in [-0.25, -0.2) is 4.79 Å². The number of amides is 1. The van der Waals surface area contributed by atoms with E-state index in [4.69, 9.17) is 5.26 Å². The van der Waals surface area contributed by atoms with E-state index in [-0.39, 0.29) is 6.42 Å². The maximum atomic E-state index is 12.1. The first-order valence-corrected chi connectivity index (χ1v) is 7.57. The molecule has 2 N–H and O–H groups in total. The first kappa shape index (κ1) is 16.7. The van der Waals surface area contributed by atoms with Crippen molar-refractivity contribution in [2.75, 3.05) is 0 Å². The van der Waals surface area contributed by atoms with Gasteiger partial charge in [-0.3, -0.25) is 4.79 Å². The highest BCUT2D eigenvalue weighted by Gasteiger charge is 2.21. The van der Waals surface area contributed by atoms with Gasteiger partial charge in [0.2, 0.25) is 0 Å². The van der Waals surface area contributed by atoms with E-state index < -0.39 is 17.9 Å². The molecule has 2 aromatic carbocycles. The van der Waals surface area contributed by atoms with Gasteiger partial charge in [0.25, 0.3) is 5.91 Å². The molecule has 0 aromatic heterocycles. The quantitative estimate of drug-likeness (QED) is 0.843. The molecule has 2 rings (SSSR count). The molecule has 0 saturated carbocycles. The van der Waals surface area contributed by atoms with Gasteiger partial charge in [0.05, 0.1) is 11.6 Å². The number of nitrogens with one attached hydrogen (secondary N) is 1. The maximum Gasteiger partial charge on any atom is 0.326 e. The highest BCUT2D eigenvalue weighted by molar-refractivity contribution is 9.10. The van der Waals surface area contributed by atoms with E-state index in [1.807, 2.05) is 18.2 Å². The Morgan fingerprint density at radius 1 is 1.13 bits per heavy atom. The minimum atomic E-state index is -1.10. The average molecular weight is 373 g/mol. The van der Waals surface area contributed by atoms with Crippen LogP contribution in [0.25, 0.3) is 0 Å². The van der Waals surface area contributed by atoms with E-state index >= 15 is 0 Å². The summed E-state index contributed by atoms with van der Waals surface area (Å²) < 4.78 is 0.898. The zero-order chi connectivity index (χ0) is 16.8. The zero-order valence-electron chi connectivity index (χ0n) is 12.0. The molecule has 0 bridgehead atoms. The number of carboxylic acid groups (broad SMARTS) is 1. The molecule has 23 heavy (non-hydrogen) atoms. The number of nitriles is 1. The second-order valence-electron chi connectivity index (χ2n) is 4.88. The number of carboxylic acids is 1. The first-order chi connectivity index (χ1) is 11.0. The number of carbonyl (C=O) groups is 2. The van der Waals surface area contributed by atoms with Crippen LogP contribution in [0.2, 0.25) is 0 Å². The Balaban J connectivity index is 2.09. The topological polar surface area (TPSA) is 90.2 Å². The summed E-state index contributed by atoms with van der Waals surface area (Å²) in [5.74, 6) is -1.59. The molecule has 0 unspecified atom stereocenters. The van der Waals surface area contributed by atoms with Crippen molar-refractivity contribution in [3.05, 3.63) is 69.7 Å². The lowest BCUT2D eigenvalue weighted by atomic mass is 10.1. The monoisotopic (exact) mass is 372 g/mol. The molecule has 1 amide bonds. The minimum absolute atomic E-state index is 0.185. The fourth-order valence-corrected chi connectivity index (χ4v) is 2.26. The summed E-state index contributed by atoms with van der Waals surface area (Å²) in [5, 5.41) is 20.5. The number of aliphatic carboxylic acids is 1. The van der Waals surface area contributed by atoms with Crippen LogP contribution in [0.4, 0.5) is 0 Å². The van der Waals surface area contributed by atoms with Gasteiger partial charge in [-0.2, -0.15) is 5.26 Å². The number of hydrogen-bond donors (Lipinski definition) is 2. The van der Waals surface area contributed by atoms with Gasteiger partial charge in [-0.15, -0.1) is 0 Å². The fourth-order valence-electron chi connectivity index (χ4n) is 1.99. The fraction of sp³-hybridized carbons (Fsp3) is 0.118. The van der Waals surface area contributed by atoms with Crippen LogP contribution in [0, 0.1) is 11.3 Å². The van der Waals surface area contributed by atoms with Crippen molar-refractivity contribution in [3.8, 4) is 6.07 Å². The summed E-state index contributed by atoms with van der Waals surface area (Å²) in [7, 11) is 0.